The van der Waals surface area contributed by atoms with E-state index in [2.05, 4.69) is 15.4 Å². The highest BCUT2D eigenvalue weighted by Crippen LogP contribution is 2.20. The number of hydrogen-bond acceptors (Lipinski definition) is 5. The Labute approximate surface area is 212 Å². The second-order valence-electron chi connectivity index (χ2n) is 8.22. The van der Waals surface area contributed by atoms with E-state index in [1.807, 2.05) is 19.9 Å². The third-order valence-electron chi connectivity index (χ3n) is 5.09. The van der Waals surface area contributed by atoms with Gasteiger partial charge in [-0.25, -0.2) is 12.6 Å². The first kappa shape index (κ1) is 27.1. The molecule has 0 fully saturated rings. The molecule has 1 atom stereocenters. The van der Waals surface area contributed by atoms with Crippen LogP contribution in [0.15, 0.2) is 76.5 Å². The normalized spacial score (nSPS) is 12.0. The molecule has 9 nitrogen and oxygen atoms in total. The first-order chi connectivity index (χ1) is 17.0. The van der Waals surface area contributed by atoms with Gasteiger partial charge in [0.1, 0.15) is 0 Å². The lowest BCUT2D eigenvalue weighted by Crippen LogP contribution is -2.28. The molecule has 1 unspecified atom stereocenters. The topological polar surface area (TPSA) is 142 Å². The van der Waals surface area contributed by atoms with E-state index in [0.29, 0.717) is 16.9 Å². The maximum absolute atomic E-state index is 12.7. The van der Waals surface area contributed by atoms with E-state index in [4.69, 9.17) is 4.55 Å². The third-order valence-corrected chi connectivity index (χ3v) is 7.16. The largest absolute Gasteiger partial charge is 0.355 e. The maximum atomic E-state index is 12.7. The molecule has 3 rings (SSSR count). The van der Waals surface area contributed by atoms with E-state index >= 15 is 0 Å². The highest BCUT2D eigenvalue weighted by Gasteiger charge is 2.15. The fraction of sp³-hybridized carbons (Fsp3) is 0.200. The van der Waals surface area contributed by atoms with Gasteiger partial charge in [0.2, 0.25) is 11.8 Å². The molecule has 0 heterocycles. The van der Waals surface area contributed by atoms with Crippen molar-refractivity contribution in [3.8, 4) is 0 Å². The average Bonchev–Trinajstić information content (AvgIpc) is 2.78. The number of carbonyl (C=O) groups excluding carboxylic acids is 2. The van der Waals surface area contributed by atoms with Crippen molar-refractivity contribution in [3.05, 3.63) is 83.4 Å². The number of carbonyl (C=O) groups is 2. The van der Waals surface area contributed by atoms with E-state index in [9.17, 15) is 22.2 Å². The molecule has 3 aromatic carbocycles. The van der Waals surface area contributed by atoms with Crippen molar-refractivity contribution in [3.63, 3.8) is 0 Å². The molecule has 36 heavy (non-hydrogen) atoms. The Morgan fingerprint density at radius 2 is 1.47 bits per heavy atom. The van der Waals surface area contributed by atoms with Gasteiger partial charge in [-0.05, 0) is 79.1 Å². The Morgan fingerprint density at radius 1 is 0.861 bits per heavy atom. The van der Waals surface area contributed by atoms with Crippen molar-refractivity contribution in [2.45, 2.75) is 36.5 Å². The number of sulfonamides is 1. The molecule has 11 heteroatoms. The van der Waals surface area contributed by atoms with Gasteiger partial charge in [0.25, 0.3) is 10.0 Å². The Balaban J connectivity index is 1.46. The summed E-state index contributed by atoms with van der Waals surface area (Å²) in [6.45, 7) is 3.89. The highest BCUT2D eigenvalue weighted by molar-refractivity contribution is 7.92. The summed E-state index contributed by atoms with van der Waals surface area (Å²) in [6.07, 6.45) is 0.106. The minimum atomic E-state index is -3.79. The van der Waals surface area contributed by atoms with Crippen LogP contribution in [0.3, 0.4) is 0 Å². The zero-order valence-electron chi connectivity index (χ0n) is 19.8. The summed E-state index contributed by atoms with van der Waals surface area (Å²) in [6, 6.07) is 17.4. The molecule has 0 aliphatic heterocycles. The van der Waals surface area contributed by atoms with Crippen LogP contribution in [-0.2, 0) is 37.1 Å². The summed E-state index contributed by atoms with van der Waals surface area (Å²) >= 11 is -2.07. The number of aryl methyl sites for hydroxylation is 2. The van der Waals surface area contributed by atoms with Gasteiger partial charge in [0.05, 0.1) is 16.2 Å². The van der Waals surface area contributed by atoms with Crippen LogP contribution in [-0.4, -0.2) is 35.5 Å². The zero-order valence-corrected chi connectivity index (χ0v) is 21.4. The van der Waals surface area contributed by atoms with Crippen LogP contribution in [0.25, 0.3) is 0 Å². The summed E-state index contributed by atoms with van der Waals surface area (Å²) in [5, 5.41) is 5.32. The summed E-state index contributed by atoms with van der Waals surface area (Å²) in [5.41, 5.74) is 3.46. The van der Waals surface area contributed by atoms with Crippen molar-refractivity contribution in [1.29, 1.82) is 0 Å². The minimum absolute atomic E-state index is 0.0302. The molecule has 2 amide bonds. The molecular formula is C25H27N3O6S2. The van der Waals surface area contributed by atoms with Crippen molar-refractivity contribution in [1.82, 2.24) is 5.32 Å². The van der Waals surface area contributed by atoms with Crippen molar-refractivity contribution < 1.29 is 26.8 Å². The molecule has 0 aliphatic carbocycles. The summed E-state index contributed by atoms with van der Waals surface area (Å²) < 4.78 is 47.9. The Morgan fingerprint density at radius 3 is 2.06 bits per heavy atom. The number of benzene rings is 3. The second-order valence-corrected chi connectivity index (χ2v) is 10.9. The molecular weight excluding hydrogens is 502 g/mol. The van der Waals surface area contributed by atoms with E-state index in [1.165, 1.54) is 36.4 Å². The number of hydrogen-bond donors (Lipinski definition) is 4. The number of nitrogens with one attached hydrogen (secondary N) is 3. The molecule has 190 valence electrons. The Hall–Kier alpha value is -3.54. The van der Waals surface area contributed by atoms with Gasteiger partial charge in [0, 0.05) is 24.3 Å². The van der Waals surface area contributed by atoms with Gasteiger partial charge in [-0.3, -0.25) is 14.3 Å². The number of rotatable bonds is 10. The molecule has 0 saturated heterocycles. The monoisotopic (exact) mass is 529 g/mol. The third kappa shape index (κ3) is 8.01. The fourth-order valence-corrected chi connectivity index (χ4v) is 4.88. The van der Waals surface area contributed by atoms with Crippen LogP contribution in [0.4, 0.5) is 11.4 Å². The Bertz CT molecular complexity index is 1350. The lowest BCUT2D eigenvalue weighted by Gasteiger charge is -2.11. The van der Waals surface area contributed by atoms with Gasteiger partial charge in [-0.15, -0.1) is 0 Å². The molecule has 3 aromatic rings. The predicted octanol–water partition coefficient (Wildman–Crippen LogP) is 3.37. The first-order valence-corrected chi connectivity index (χ1v) is 13.6. The lowest BCUT2D eigenvalue weighted by molar-refractivity contribution is -0.120. The van der Waals surface area contributed by atoms with E-state index < -0.39 is 21.1 Å². The Kier molecular flexibility index (Phi) is 8.97. The summed E-state index contributed by atoms with van der Waals surface area (Å²) in [5.74, 6) is -0.624. The van der Waals surface area contributed by atoms with Gasteiger partial charge in [-0.1, -0.05) is 18.2 Å². The molecule has 4 N–H and O–H groups in total. The SMILES string of the molecule is Cc1cc(C)cc(NS(=O)(=O)c2ccc(NC(=O)CCNC(=O)Cc3ccc(S(=O)O)cc3)cc2)c1. The van der Waals surface area contributed by atoms with E-state index in [-0.39, 0.29) is 41.0 Å². The second kappa shape index (κ2) is 11.9. The molecule has 0 radical (unpaired) electrons. The van der Waals surface area contributed by atoms with Crippen LogP contribution in [0.5, 0.6) is 0 Å². The van der Waals surface area contributed by atoms with Crippen molar-refractivity contribution >= 4 is 44.3 Å². The zero-order chi connectivity index (χ0) is 26.3. The quantitative estimate of drug-likeness (QED) is 0.297. The summed E-state index contributed by atoms with van der Waals surface area (Å²) in [7, 11) is -3.79. The standard InChI is InChI=1S/C25H27N3O6S2/c1-17-13-18(2)15-21(14-17)28-36(33,34)23-9-5-20(6-10-23)27-24(29)11-12-26-25(30)16-19-3-7-22(8-4-19)35(31)32/h3-10,13-15,28H,11-12,16H2,1-2H3,(H,26,30)(H,27,29)(H,31,32). The van der Waals surface area contributed by atoms with Gasteiger partial charge in [-0.2, -0.15) is 0 Å². The molecule has 0 aliphatic rings. The molecule has 0 saturated carbocycles. The highest BCUT2D eigenvalue weighted by atomic mass is 32.2. The maximum Gasteiger partial charge on any atom is 0.261 e. The van der Waals surface area contributed by atoms with Gasteiger partial charge < -0.3 is 15.2 Å². The summed E-state index contributed by atoms with van der Waals surface area (Å²) in [4.78, 5) is 24.6. The minimum Gasteiger partial charge on any atom is -0.355 e. The smallest absolute Gasteiger partial charge is 0.261 e. The predicted molar refractivity (Wildman–Crippen MR) is 139 cm³/mol. The first-order valence-electron chi connectivity index (χ1n) is 11.0. The van der Waals surface area contributed by atoms with Gasteiger partial charge in [0.15, 0.2) is 11.1 Å². The average molecular weight is 530 g/mol. The van der Waals surface area contributed by atoms with Crippen LogP contribution < -0.4 is 15.4 Å². The van der Waals surface area contributed by atoms with Crippen LogP contribution in [0, 0.1) is 13.8 Å². The van der Waals surface area contributed by atoms with Crippen LogP contribution in [0.1, 0.15) is 23.1 Å². The molecule has 0 aromatic heterocycles. The van der Waals surface area contributed by atoms with E-state index in [0.717, 1.165) is 11.1 Å². The van der Waals surface area contributed by atoms with Gasteiger partial charge >= 0.3 is 0 Å². The molecule has 0 bridgehead atoms. The fourth-order valence-electron chi connectivity index (χ4n) is 3.48. The lowest BCUT2D eigenvalue weighted by atomic mass is 10.1. The number of anilines is 2. The van der Waals surface area contributed by atoms with Crippen molar-refractivity contribution in [2.75, 3.05) is 16.6 Å². The number of amides is 2. The van der Waals surface area contributed by atoms with Crippen molar-refractivity contribution in [2.24, 2.45) is 0 Å². The van der Waals surface area contributed by atoms with Crippen LogP contribution in [0.2, 0.25) is 0 Å². The van der Waals surface area contributed by atoms with E-state index in [1.54, 1.807) is 24.3 Å². The van der Waals surface area contributed by atoms with Crippen LogP contribution >= 0.6 is 0 Å². The molecule has 0 spiro atoms.